The van der Waals surface area contributed by atoms with E-state index in [9.17, 15) is 13.2 Å². The van der Waals surface area contributed by atoms with Crippen molar-refractivity contribution in [3.8, 4) is 6.07 Å². The molecule has 2 aliphatic heterocycles. The molecule has 0 aliphatic carbocycles. The second kappa shape index (κ2) is 8.82. The number of likely N-dealkylation sites (N-methyl/N-ethyl adjacent to an activating group) is 1. The molecule has 0 atom stereocenters. The number of rotatable bonds is 3. The summed E-state index contributed by atoms with van der Waals surface area (Å²) in [6, 6.07) is 7.54. The molecule has 1 aromatic carbocycles. The van der Waals surface area contributed by atoms with E-state index < -0.39 is 11.7 Å². The summed E-state index contributed by atoms with van der Waals surface area (Å²) in [4.78, 5) is 17.6. The van der Waals surface area contributed by atoms with Gasteiger partial charge in [0.05, 0.1) is 17.2 Å². The molecule has 170 valence electrons. The average Bonchev–Trinajstić information content (AvgIpc) is 2.78. The Morgan fingerprint density at radius 2 is 1.38 bits per heavy atom. The quantitative estimate of drug-likeness (QED) is 0.720. The summed E-state index contributed by atoms with van der Waals surface area (Å²) in [6.07, 6.45) is -4.51. The van der Waals surface area contributed by atoms with Gasteiger partial charge in [-0.3, -0.25) is 0 Å². The Morgan fingerprint density at radius 3 is 1.91 bits per heavy atom. The standard InChI is InChI=1S/C22H26F3N7/c1-16-27-20(31-7-5-29(2)6-8-31)14-21(28-16)32-11-9-30(10-12-32)19-4-3-17(15-26)13-18(19)22(23,24)25/h3-4,13-14H,5-12H2,1-2H3. The molecule has 4 rings (SSSR count). The molecule has 0 bridgehead atoms. The van der Waals surface area contributed by atoms with Crippen LogP contribution in [0.4, 0.5) is 30.5 Å². The highest BCUT2D eigenvalue weighted by molar-refractivity contribution is 5.60. The second-order valence-electron chi connectivity index (χ2n) is 8.24. The second-order valence-corrected chi connectivity index (χ2v) is 8.24. The highest BCUT2D eigenvalue weighted by atomic mass is 19.4. The van der Waals surface area contributed by atoms with Crippen LogP contribution in [-0.4, -0.2) is 74.3 Å². The van der Waals surface area contributed by atoms with Gasteiger partial charge in [-0.2, -0.15) is 18.4 Å². The summed E-state index contributed by atoms with van der Waals surface area (Å²) in [5.74, 6) is 2.39. The molecule has 0 unspecified atom stereocenters. The maximum atomic E-state index is 13.6. The van der Waals surface area contributed by atoms with Gasteiger partial charge in [0, 0.05) is 64.1 Å². The topological polar surface area (TPSA) is 62.5 Å². The van der Waals surface area contributed by atoms with E-state index in [0.29, 0.717) is 32.0 Å². The van der Waals surface area contributed by atoms with Gasteiger partial charge in [0.25, 0.3) is 0 Å². The maximum Gasteiger partial charge on any atom is 0.418 e. The molecule has 0 radical (unpaired) electrons. The lowest BCUT2D eigenvalue weighted by Crippen LogP contribution is -2.47. The van der Waals surface area contributed by atoms with Crippen molar-refractivity contribution in [3.63, 3.8) is 0 Å². The molecule has 0 saturated carbocycles. The maximum absolute atomic E-state index is 13.6. The Labute approximate surface area is 185 Å². The lowest BCUT2D eigenvalue weighted by atomic mass is 10.1. The van der Waals surface area contributed by atoms with Crippen molar-refractivity contribution in [1.82, 2.24) is 14.9 Å². The largest absolute Gasteiger partial charge is 0.418 e. The van der Waals surface area contributed by atoms with Gasteiger partial charge in [-0.1, -0.05) is 0 Å². The predicted molar refractivity (Wildman–Crippen MR) is 117 cm³/mol. The van der Waals surface area contributed by atoms with Crippen LogP contribution in [0.25, 0.3) is 0 Å². The summed E-state index contributed by atoms with van der Waals surface area (Å²) in [5.41, 5.74) is -0.638. The van der Waals surface area contributed by atoms with Crippen LogP contribution >= 0.6 is 0 Å². The van der Waals surface area contributed by atoms with Crippen molar-refractivity contribution in [2.24, 2.45) is 0 Å². The molecular formula is C22H26F3N7. The van der Waals surface area contributed by atoms with E-state index in [1.54, 1.807) is 11.0 Å². The van der Waals surface area contributed by atoms with E-state index in [4.69, 9.17) is 5.26 Å². The van der Waals surface area contributed by atoms with Gasteiger partial charge in [-0.25, -0.2) is 9.97 Å². The molecule has 7 nitrogen and oxygen atoms in total. The molecule has 2 fully saturated rings. The molecule has 2 aliphatic rings. The first-order valence-corrected chi connectivity index (χ1v) is 10.6. The number of anilines is 3. The van der Waals surface area contributed by atoms with Crippen molar-refractivity contribution in [3.05, 3.63) is 41.2 Å². The van der Waals surface area contributed by atoms with E-state index in [0.717, 1.165) is 43.9 Å². The van der Waals surface area contributed by atoms with Gasteiger partial charge < -0.3 is 19.6 Å². The first-order chi connectivity index (χ1) is 15.2. The minimum atomic E-state index is -4.51. The lowest BCUT2D eigenvalue weighted by Gasteiger charge is -2.38. The van der Waals surface area contributed by atoms with E-state index in [-0.39, 0.29) is 11.3 Å². The van der Waals surface area contributed by atoms with Gasteiger partial charge in [0.15, 0.2) is 0 Å². The summed E-state index contributed by atoms with van der Waals surface area (Å²) >= 11 is 0. The summed E-state index contributed by atoms with van der Waals surface area (Å²) < 4.78 is 40.7. The van der Waals surface area contributed by atoms with E-state index >= 15 is 0 Å². The van der Waals surface area contributed by atoms with Gasteiger partial charge in [-0.15, -0.1) is 0 Å². The van der Waals surface area contributed by atoms with Gasteiger partial charge >= 0.3 is 6.18 Å². The fourth-order valence-corrected chi connectivity index (χ4v) is 4.18. The highest BCUT2D eigenvalue weighted by Crippen LogP contribution is 2.37. The summed E-state index contributed by atoms with van der Waals surface area (Å²) in [5, 5.41) is 8.99. The number of nitriles is 1. The van der Waals surface area contributed by atoms with Crippen LogP contribution in [0.3, 0.4) is 0 Å². The minimum absolute atomic E-state index is 0.00704. The number of benzene rings is 1. The lowest BCUT2D eigenvalue weighted by molar-refractivity contribution is -0.137. The smallest absolute Gasteiger partial charge is 0.367 e. The average molecular weight is 445 g/mol. The Hall–Kier alpha value is -3.06. The fraction of sp³-hybridized carbons (Fsp3) is 0.500. The van der Waals surface area contributed by atoms with Gasteiger partial charge in [0.1, 0.15) is 17.5 Å². The zero-order chi connectivity index (χ0) is 22.9. The van der Waals surface area contributed by atoms with Crippen molar-refractivity contribution < 1.29 is 13.2 Å². The summed E-state index contributed by atoms with van der Waals surface area (Å²) in [6.45, 7) is 7.59. The van der Waals surface area contributed by atoms with E-state index in [1.807, 2.05) is 13.0 Å². The number of aromatic nitrogens is 2. The van der Waals surface area contributed by atoms with Gasteiger partial charge in [-0.05, 0) is 32.2 Å². The number of piperazine rings is 2. The first kappa shape index (κ1) is 22.1. The number of alkyl halides is 3. The zero-order valence-corrected chi connectivity index (χ0v) is 18.2. The molecule has 0 amide bonds. The number of hydrogen-bond acceptors (Lipinski definition) is 7. The van der Waals surface area contributed by atoms with Crippen LogP contribution < -0.4 is 14.7 Å². The molecule has 0 N–H and O–H groups in total. The molecule has 1 aromatic heterocycles. The number of halogens is 3. The highest BCUT2D eigenvalue weighted by Gasteiger charge is 2.36. The van der Waals surface area contributed by atoms with E-state index in [1.165, 1.54) is 12.1 Å². The zero-order valence-electron chi connectivity index (χ0n) is 18.2. The van der Waals surface area contributed by atoms with Crippen molar-refractivity contribution >= 4 is 17.3 Å². The van der Waals surface area contributed by atoms with Crippen molar-refractivity contribution in [2.45, 2.75) is 13.1 Å². The molecule has 32 heavy (non-hydrogen) atoms. The Kier molecular flexibility index (Phi) is 6.11. The Balaban J connectivity index is 1.50. The van der Waals surface area contributed by atoms with Crippen LogP contribution in [-0.2, 0) is 6.18 Å². The SMILES string of the molecule is Cc1nc(N2CCN(C)CC2)cc(N2CCN(c3ccc(C#N)cc3C(F)(F)F)CC2)n1. The van der Waals surface area contributed by atoms with E-state index in [2.05, 4.69) is 31.7 Å². The number of nitrogens with zero attached hydrogens (tertiary/aromatic N) is 7. The minimum Gasteiger partial charge on any atom is -0.367 e. The Bertz CT molecular complexity index is 1000. The number of hydrogen-bond donors (Lipinski definition) is 0. The van der Waals surface area contributed by atoms with Crippen LogP contribution in [0.1, 0.15) is 17.0 Å². The van der Waals surface area contributed by atoms with Crippen molar-refractivity contribution in [2.75, 3.05) is 74.1 Å². The molecule has 2 saturated heterocycles. The summed E-state index contributed by atoms with van der Waals surface area (Å²) in [7, 11) is 2.10. The van der Waals surface area contributed by atoms with Crippen LogP contribution in [0, 0.1) is 18.3 Å². The monoisotopic (exact) mass is 445 g/mol. The molecule has 0 spiro atoms. The first-order valence-electron chi connectivity index (χ1n) is 10.6. The third-order valence-corrected chi connectivity index (χ3v) is 6.01. The van der Waals surface area contributed by atoms with Crippen LogP contribution in [0.15, 0.2) is 24.3 Å². The van der Waals surface area contributed by atoms with Crippen LogP contribution in [0.2, 0.25) is 0 Å². The molecular weight excluding hydrogens is 419 g/mol. The third-order valence-electron chi connectivity index (χ3n) is 6.01. The van der Waals surface area contributed by atoms with Crippen molar-refractivity contribution in [1.29, 1.82) is 5.26 Å². The normalized spacial score (nSPS) is 18.1. The molecule has 2 aromatic rings. The molecule has 10 heteroatoms. The fourth-order valence-electron chi connectivity index (χ4n) is 4.18. The van der Waals surface area contributed by atoms with Gasteiger partial charge in [0.2, 0.25) is 0 Å². The predicted octanol–water partition coefficient (Wildman–Crippen LogP) is 2.75. The number of aryl methyl sites for hydroxylation is 1. The molecule has 3 heterocycles. The van der Waals surface area contributed by atoms with Crippen LogP contribution in [0.5, 0.6) is 0 Å². The third kappa shape index (κ3) is 4.72. The Morgan fingerprint density at radius 1 is 0.844 bits per heavy atom.